The lowest BCUT2D eigenvalue weighted by Crippen LogP contribution is -2.59. The van der Waals surface area contributed by atoms with Crippen molar-refractivity contribution in [2.24, 2.45) is 0 Å². The maximum atomic E-state index is 13.9. The number of nitrogens with one attached hydrogen (secondary N) is 2. The average molecular weight is 425 g/mol. The number of halogens is 1. The Bertz CT molecular complexity index is 995. The van der Waals surface area contributed by atoms with E-state index in [1.54, 1.807) is 17.0 Å². The standard InChI is InChI=1S/C24H29FN4O2/c1-16(2)31-21-9-4-6-18(12-21)15-28-11-10-24(14-17(28)3)22(26)27-23(30)29(24)20-8-5-7-19(25)13-20/h4-9,12-13,16-17H,10-11,14-15H2,1-3H3,(H2,26,27,30)/t17-,24+/m1/s1. The van der Waals surface area contributed by atoms with E-state index in [1.807, 2.05) is 26.0 Å². The summed E-state index contributed by atoms with van der Waals surface area (Å²) in [4.78, 5) is 16.6. The van der Waals surface area contributed by atoms with E-state index in [2.05, 4.69) is 29.3 Å². The number of amides is 2. The molecule has 7 heteroatoms. The molecule has 4 rings (SSSR count). The first-order valence-electron chi connectivity index (χ1n) is 10.7. The Balaban J connectivity index is 1.53. The normalized spacial score (nSPS) is 24.2. The molecule has 6 nitrogen and oxygen atoms in total. The van der Waals surface area contributed by atoms with E-state index in [-0.39, 0.29) is 24.0 Å². The Morgan fingerprint density at radius 2 is 2.03 bits per heavy atom. The van der Waals surface area contributed by atoms with Gasteiger partial charge in [0.1, 0.15) is 22.9 Å². The summed E-state index contributed by atoms with van der Waals surface area (Å²) in [5, 5.41) is 11.2. The van der Waals surface area contributed by atoms with Crippen LogP contribution in [0.25, 0.3) is 0 Å². The SMILES string of the molecule is CC(C)Oc1cccc(CN2CC[C@]3(C[C@H]2C)C(=N)NC(=O)N3c2cccc(F)c2)c1. The summed E-state index contributed by atoms with van der Waals surface area (Å²) in [5.41, 5.74) is 0.876. The van der Waals surface area contributed by atoms with Crippen LogP contribution in [0.3, 0.4) is 0 Å². The van der Waals surface area contributed by atoms with Crippen molar-refractivity contribution in [3.63, 3.8) is 0 Å². The molecule has 2 amide bonds. The molecule has 2 aromatic rings. The minimum atomic E-state index is -0.774. The lowest BCUT2D eigenvalue weighted by Gasteiger charge is -2.46. The molecule has 0 radical (unpaired) electrons. The first-order chi connectivity index (χ1) is 14.8. The second-order valence-corrected chi connectivity index (χ2v) is 8.74. The number of rotatable bonds is 5. The van der Waals surface area contributed by atoms with Crippen LogP contribution in [0.1, 0.15) is 39.2 Å². The minimum Gasteiger partial charge on any atom is -0.491 e. The fraction of sp³-hybridized carbons (Fsp3) is 0.417. The number of hydrogen-bond acceptors (Lipinski definition) is 4. The minimum absolute atomic E-state index is 0.122. The van der Waals surface area contributed by atoms with E-state index in [0.717, 1.165) is 18.8 Å². The third-order valence-corrected chi connectivity index (χ3v) is 6.12. The zero-order valence-corrected chi connectivity index (χ0v) is 18.2. The van der Waals surface area contributed by atoms with Crippen molar-refractivity contribution in [1.29, 1.82) is 5.41 Å². The van der Waals surface area contributed by atoms with Gasteiger partial charge in [0.2, 0.25) is 0 Å². The summed E-state index contributed by atoms with van der Waals surface area (Å²) in [6.07, 6.45) is 1.33. The van der Waals surface area contributed by atoms with Gasteiger partial charge in [0.25, 0.3) is 0 Å². The molecule has 2 aliphatic rings. The van der Waals surface area contributed by atoms with E-state index < -0.39 is 11.4 Å². The van der Waals surface area contributed by atoms with Crippen LogP contribution >= 0.6 is 0 Å². The molecule has 2 fully saturated rings. The summed E-state index contributed by atoms with van der Waals surface area (Å²) in [7, 11) is 0. The fourth-order valence-corrected chi connectivity index (χ4v) is 4.72. The molecule has 2 saturated heterocycles. The first-order valence-corrected chi connectivity index (χ1v) is 10.7. The average Bonchev–Trinajstić information content (AvgIpc) is 2.93. The molecule has 1 spiro atoms. The molecule has 2 aromatic carbocycles. The number of carbonyl (C=O) groups excluding carboxylic acids is 1. The molecule has 31 heavy (non-hydrogen) atoms. The molecule has 2 aliphatic heterocycles. The van der Waals surface area contributed by atoms with E-state index >= 15 is 0 Å². The Labute approximate surface area is 182 Å². The third-order valence-electron chi connectivity index (χ3n) is 6.12. The van der Waals surface area contributed by atoms with Crippen molar-refractivity contribution in [2.45, 2.75) is 57.8 Å². The van der Waals surface area contributed by atoms with Gasteiger partial charge in [0.15, 0.2) is 0 Å². The Morgan fingerprint density at radius 3 is 2.74 bits per heavy atom. The van der Waals surface area contributed by atoms with Crippen molar-refractivity contribution >= 4 is 17.6 Å². The second kappa shape index (κ2) is 8.30. The topological polar surface area (TPSA) is 68.7 Å². The fourth-order valence-electron chi connectivity index (χ4n) is 4.72. The lowest BCUT2D eigenvalue weighted by atomic mass is 9.81. The van der Waals surface area contributed by atoms with Crippen LogP contribution in [0.5, 0.6) is 5.75 Å². The highest BCUT2D eigenvalue weighted by Gasteiger charge is 2.53. The number of nitrogens with zero attached hydrogens (tertiary/aromatic N) is 2. The Morgan fingerprint density at radius 1 is 1.26 bits per heavy atom. The highest BCUT2D eigenvalue weighted by atomic mass is 19.1. The number of benzene rings is 2. The summed E-state index contributed by atoms with van der Waals surface area (Å²) >= 11 is 0. The van der Waals surface area contributed by atoms with Gasteiger partial charge in [0, 0.05) is 24.8 Å². The van der Waals surface area contributed by atoms with Crippen molar-refractivity contribution in [3.8, 4) is 5.75 Å². The predicted molar refractivity (Wildman–Crippen MR) is 119 cm³/mol. The predicted octanol–water partition coefficient (Wildman–Crippen LogP) is 4.54. The molecule has 2 atom stereocenters. The van der Waals surface area contributed by atoms with Crippen molar-refractivity contribution in [2.75, 3.05) is 11.4 Å². The molecule has 0 saturated carbocycles. The van der Waals surface area contributed by atoms with E-state index in [9.17, 15) is 9.18 Å². The van der Waals surface area contributed by atoms with Gasteiger partial charge in [0.05, 0.1) is 6.10 Å². The second-order valence-electron chi connectivity index (χ2n) is 8.74. The summed E-state index contributed by atoms with van der Waals surface area (Å²) in [6.45, 7) is 7.63. The van der Waals surface area contributed by atoms with Crippen LogP contribution in [0.15, 0.2) is 48.5 Å². The van der Waals surface area contributed by atoms with Crippen LogP contribution in [0, 0.1) is 11.2 Å². The summed E-state index contributed by atoms with van der Waals surface area (Å²) < 4.78 is 19.7. The summed E-state index contributed by atoms with van der Waals surface area (Å²) in [6, 6.07) is 13.9. The summed E-state index contributed by atoms with van der Waals surface area (Å²) in [5.74, 6) is 0.659. The number of hydrogen-bond donors (Lipinski definition) is 2. The number of urea groups is 1. The van der Waals surface area contributed by atoms with Gasteiger partial charge < -0.3 is 4.74 Å². The molecule has 0 unspecified atom stereocenters. The van der Waals surface area contributed by atoms with Crippen LogP contribution in [-0.2, 0) is 6.54 Å². The lowest BCUT2D eigenvalue weighted by molar-refractivity contribution is 0.123. The van der Waals surface area contributed by atoms with Gasteiger partial charge in [-0.2, -0.15) is 0 Å². The van der Waals surface area contributed by atoms with Gasteiger partial charge in [-0.05, 0) is 69.5 Å². The maximum Gasteiger partial charge on any atom is 0.328 e. The largest absolute Gasteiger partial charge is 0.491 e. The Hall–Kier alpha value is -2.93. The van der Waals surface area contributed by atoms with Gasteiger partial charge in [-0.3, -0.25) is 20.5 Å². The van der Waals surface area contributed by atoms with Gasteiger partial charge in [-0.25, -0.2) is 9.18 Å². The number of amidine groups is 1. The number of piperidine rings is 1. The van der Waals surface area contributed by atoms with Gasteiger partial charge in [-0.1, -0.05) is 18.2 Å². The van der Waals surface area contributed by atoms with Crippen LogP contribution in [0.2, 0.25) is 0 Å². The highest BCUT2D eigenvalue weighted by Crippen LogP contribution is 2.40. The smallest absolute Gasteiger partial charge is 0.328 e. The quantitative estimate of drug-likeness (QED) is 0.740. The molecule has 164 valence electrons. The zero-order chi connectivity index (χ0) is 22.2. The Kier molecular flexibility index (Phi) is 5.71. The number of likely N-dealkylation sites (tertiary alicyclic amines) is 1. The molecule has 0 bridgehead atoms. The zero-order valence-electron chi connectivity index (χ0n) is 18.2. The van der Waals surface area contributed by atoms with E-state index in [4.69, 9.17) is 10.1 Å². The monoisotopic (exact) mass is 424 g/mol. The molecular weight excluding hydrogens is 395 g/mol. The van der Waals surface area contributed by atoms with Crippen LogP contribution in [0.4, 0.5) is 14.9 Å². The van der Waals surface area contributed by atoms with Crippen molar-refractivity contribution in [1.82, 2.24) is 10.2 Å². The number of carbonyl (C=O) groups is 1. The number of ether oxygens (including phenoxy) is 1. The molecular formula is C24H29FN4O2. The first kappa shape index (κ1) is 21.3. The van der Waals surface area contributed by atoms with Gasteiger partial charge in [-0.15, -0.1) is 0 Å². The maximum absolute atomic E-state index is 13.9. The molecule has 2 N–H and O–H groups in total. The van der Waals surface area contributed by atoms with Crippen LogP contribution in [-0.4, -0.2) is 41.0 Å². The number of anilines is 1. The third kappa shape index (κ3) is 4.14. The van der Waals surface area contributed by atoms with Crippen molar-refractivity contribution < 1.29 is 13.9 Å². The van der Waals surface area contributed by atoms with Crippen LogP contribution < -0.4 is 15.0 Å². The highest BCUT2D eigenvalue weighted by molar-refractivity contribution is 6.18. The van der Waals surface area contributed by atoms with E-state index in [1.165, 1.54) is 17.7 Å². The molecule has 2 heterocycles. The molecule has 0 aliphatic carbocycles. The van der Waals surface area contributed by atoms with Crippen molar-refractivity contribution in [3.05, 3.63) is 59.9 Å². The molecule has 0 aromatic heterocycles. The van der Waals surface area contributed by atoms with Gasteiger partial charge >= 0.3 is 6.03 Å². The van der Waals surface area contributed by atoms with E-state index in [0.29, 0.717) is 18.5 Å².